The lowest BCUT2D eigenvalue weighted by atomic mass is 10.1. The molecule has 1 unspecified atom stereocenters. The minimum absolute atomic E-state index is 0.0464. The van der Waals surface area contributed by atoms with Crippen molar-refractivity contribution in [3.8, 4) is 5.88 Å². The highest BCUT2D eigenvalue weighted by atomic mass is 16.3. The molecule has 1 atom stereocenters. The number of aromatic nitrogens is 1. The summed E-state index contributed by atoms with van der Waals surface area (Å²) in [7, 11) is 0. The molecule has 0 fully saturated rings. The molecule has 0 saturated heterocycles. The quantitative estimate of drug-likeness (QED) is 0.681. The number of aryl methyl sites for hydroxylation is 1. The average Bonchev–Trinajstić information content (AvgIpc) is 2.22. The van der Waals surface area contributed by atoms with Gasteiger partial charge in [-0.25, -0.2) is 0 Å². The Balaban J connectivity index is 3.21. The number of nitrogens with one attached hydrogen (secondary N) is 1. The van der Waals surface area contributed by atoms with E-state index < -0.39 is 17.3 Å². The van der Waals surface area contributed by atoms with Gasteiger partial charge in [-0.1, -0.05) is 0 Å². The fourth-order valence-electron chi connectivity index (χ4n) is 1.90. The van der Waals surface area contributed by atoms with Crippen molar-refractivity contribution in [2.45, 2.75) is 33.4 Å². The highest BCUT2D eigenvalue weighted by Gasteiger charge is 2.18. The van der Waals surface area contributed by atoms with Crippen LogP contribution >= 0.6 is 0 Å². The molecule has 7 heteroatoms. The Morgan fingerprint density at radius 3 is 2.58 bits per heavy atom. The number of carbonyl (C=O) groups is 2. The molecule has 0 spiro atoms. The zero-order valence-electron chi connectivity index (χ0n) is 11.1. The summed E-state index contributed by atoms with van der Waals surface area (Å²) in [5, 5.41) is 12.5. The topological polar surface area (TPSA) is 114 Å². The third-order valence-electron chi connectivity index (χ3n) is 2.63. The highest BCUT2D eigenvalue weighted by molar-refractivity contribution is 5.96. The fourth-order valence-corrected chi connectivity index (χ4v) is 1.90. The third kappa shape index (κ3) is 3.34. The number of nitrogens with zero attached hydrogens (tertiary/aromatic N) is 1. The van der Waals surface area contributed by atoms with Gasteiger partial charge in [0.15, 0.2) is 0 Å². The van der Waals surface area contributed by atoms with Gasteiger partial charge in [-0.05, 0) is 19.4 Å². The summed E-state index contributed by atoms with van der Waals surface area (Å²) in [6.45, 7) is 4.59. The first-order chi connectivity index (χ1) is 8.73. The van der Waals surface area contributed by atoms with Gasteiger partial charge in [0.2, 0.25) is 11.8 Å². The molecule has 0 saturated carbocycles. The molecule has 0 aliphatic carbocycles. The molecule has 1 aromatic heterocycles. The van der Waals surface area contributed by atoms with Crippen molar-refractivity contribution in [1.29, 1.82) is 0 Å². The zero-order valence-corrected chi connectivity index (χ0v) is 11.1. The van der Waals surface area contributed by atoms with Crippen molar-refractivity contribution < 1.29 is 14.7 Å². The summed E-state index contributed by atoms with van der Waals surface area (Å²) in [6, 6.07) is 0.852. The molecule has 19 heavy (non-hydrogen) atoms. The van der Waals surface area contributed by atoms with Crippen molar-refractivity contribution in [1.82, 2.24) is 9.88 Å². The normalized spacial score (nSPS) is 11.9. The zero-order chi connectivity index (χ0) is 14.7. The molecule has 2 amide bonds. The minimum atomic E-state index is -0.809. The van der Waals surface area contributed by atoms with Gasteiger partial charge in [-0.15, -0.1) is 0 Å². The molecule has 7 nitrogen and oxygen atoms in total. The molecule has 1 aromatic rings. The van der Waals surface area contributed by atoms with Gasteiger partial charge < -0.3 is 16.2 Å². The predicted molar refractivity (Wildman–Crippen MR) is 68.9 cm³/mol. The van der Waals surface area contributed by atoms with Crippen LogP contribution in [0.5, 0.6) is 5.88 Å². The lowest BCUT2D eigenvalue weighted by molar-refractivity contribution is -0.119. The molecule has 0 radical (unpaired) electrons. The Labute approximate surface area is 110 Å². The third-order valence-corrected chi connectivity index (χ3v) is 2.63. The van der Waals surface area contributed by atoms with Crippen molar-refractivity contribution >= 4 is 11.8 Å². The lowest BCUT2D eigenvalue weighted by Gasteiger charge is -2.17. The maximum Gasteiger partial charge on any atom is 0.254 e. The smallest absolute Gasteiger partial charge is 0.254 e. The monoisotopic (exact) mass is 267 g/mol. The summed E-state index contributed by atoms with van der Waals surface area (Å²) in [4.78, 5) is 34.0. The summed E-state index contributed by atoms with van der Waals surface area (Å²) >= 11 is 0. The predicted octanol–water partition coefficient (Wildman–Crippen LogP) is -0.514. The molecule has 104 valence electrons. The Morgan fingerprint density at radius 2 is 2.11 bits per heavy atom. The minimum Gasteiger partial charge on any atom is -0.494 e. The Morgan fingerprint density at radius 1 is 1.53 bits per heavy atom. The van der Waals surface area contributed by atoms with E-state index >= 15 is 0 Å². The van der Waals surface area contributed by atoms with Crippen LogP contribution in [-0.4, -0.2) is 27.5 Å². The summed E-state index contributed by atoms with van der Waals surface area (Å²) in [6.07, 6.45) is 0. The summed E-state index contributed by atoms with van der Waals surface area (Å²) in [5.41, 5.74) is 4.93. The van der Waals surface area contributed by atoms with Crippen molar-refractivity contribution in [2.75, 3.05) is 0 Å². The van der Waals surface area contributed by atoms with Crippen LogP contribution in [0.15, 0.2) is 10.9 Å². The number of carbonyl (C=O) groups excluding carboxylic acids is 2. The van der Waals surface area contributed by atoms with Gasteiger partial charge in [0.05, 0.1) is 0 Å². The maximum absolute atomic E-state index is 11.8. The van der Waals surface area contributed by atoms with Crippen LogP contribution in [0, 0.1) is 6.92 Å². The second-order valence-electron chi connectivity index (χ2n) is 4.44. The Bertz CT molecular complexity index is 577. The number of aromatic hydroxyl groups is 1. The molecule has 4 N–H and O–H groups in total. The van der Waals surface area contributed by atoms with Gasteiger partial charge in [-0.3, -0.25) is 19.0 Å². The number of nitrogens with two attached hydrogens (primary N) is 1. The van der Waals surface area contributed by atoms with E-state index in [9.17, 15) is 19.5 Å². The standard InChI is InChI=1S/C12H17N3O4/c1-6-4-9(17)15(5-7(2)14-8(3)16)12(19)10(6)11(13)18/h4,7,19H,5H2,1-3H3,(H2,13,18)(H,14,16). The van der Waals surface area contributed by atoms with E-state index in [2.05, 4.69) is 5.32 Å². The fraction of sp³-hybridized carbons (Fsp3) is 0.417. The second kappa shape index (κ2) is 5.55. The average molecular weight is 267 g/mol. The molecule has 0 aromatic carbocycles. The van der Waals surface area contributed by atoms with Crippen LogP contribution in [0.1, 0.15) is 29.8 Å². The largest absolute Gasteiger partial charge is 0.494 e. The first-order valence-electron chi connectivity index (χ1n) is 5.74. The van der Waals surface area contributed by atoms with E-state index in [0.717, 1.165) is 4.57 Å². The number of hydrogen-bond acceptors (Lipinski definition) is 4. The van der Waals surface area contributed by atoms with E-state index in [0.29, 0.717) is 5.56 Å². The van der Waals surface area contributed by atoms with E-state index in [1.165, 1.54) is 19.9 Å². The molecule has 0 bridgehead atoms. The molecule has 0 aliphatic heterocycles. The van der Waals surface area contributed by atoms with Crippen LogP contribution < -0.4 is 16.6 Å². The summed E-state index contributed by atoms with van der Waals surface area (Å²) in [5.74, 6) is -1.53. The first-order valence-corrected chi connectivity index (χ1v) is 5.74. The Kier molecular flexibility index (Phi) is 4.31. The second-order valence-corrected chi connectivity index (χ2v) is 4.44. The SMILES string of the molecule is CC(=O)NC(C)Cn1c(O)c(C(N)=O)c(C)cc1=O. The van der Waals surface area contributed by atoms with E-state index in [1.54, 1.807) is 6.92 Å². The maximum atomic E-state index is 11.8. The Hall–Kier alpha value is -2.31. The van der Waals surface area contributed by atoms with Gasteiger partial charge in [0.25, 0.3) is 11.5 Å². The van der Waals surface area contributed by atoms with Crippen LogP contribution in [0.3, 0.4) is 0 Å². The van der Waals surface area contributed by atoms with E-state index in [1.807, 2.05) is 0 Å². The number of amides is 2. The van der Waals surface area contributed by atoms with E-state index in [-0.39, 0.29) is 24.1 Å². The number of hydrogen-bond donors (Lipinski definition) is 3. The molecular formula is C12H17N3O4. The van der Waals surface area contributed by atoms with Gasteiger partial charge in [-0.2, -0.15) is 0 Å². The van der Waals surface area contributed by atoms with Crippen molar-refractivity contribution in [2.24, 2.45) is 5.73 Å². The highest BCUT2D eigenvalue weighted by Crippen LogP contribution is 2.18. The number of pyridine rings is 1. The molecule has 1 heterocycles. The van der Waals surface area contributed by atoms with Gasteiger partial charge in [0, 0.05) is 25.6 Å². The van der Waals surface area contributed by atoms with Crippen LogP contribution in [-0.2, 0) is 11.3 Å². The summed E-state index contributed by atoms with van der Waals surface area (Å²) < 4.78 is 1.01. The first kappa shape index (κ1) is 14.7. The van der Waals surface area contributed by atoms with Crippen LogP contribution in [0.25, 0.3) is 0 Å². The van der Waals surface area contributed by atoms with E-state index in [4.69, 9.17) is 5.73 Å². The number of rotatable bonds is 4. The van der Waals surface area contributed by atoms with Crippen LogP contribution in [0.2, 0.25) is 0 Å². The molecule has 1 rings (SSSR count). The van der Waals surface area contributed by atoms with Crippen molar-refractivity contribution in [3.05, 3.63) is 27.5 Å². The lowest BCUT2D eigenvalue weighted by Crippen LogP contribution is -2.37. The van der Waals surface area contributed by atoms with Gasteiger partial charge >= 0.3 is 0 Å². The van der Waals surface area contributed by atoms with Gasteiger partial charge in [0.1, 0.15) is 5.56 Å². The molecular weight excluding hydrogens is 250 g/mol. The molecule has 0 aliphatic rings. The van der Waals surface area contributed by atoms with Crippen molar-refractivity contribution in [3.63, 3.8) is 0 Å². The van der Waals surface area contributed by atoms with Crippen LogP contribution in [0.4, 0.5) is 0 Å². The number of primary amides is 1.